The number of hydrogen-bond acceptors (Lipinski definition) is 3. The summed E-state index contributed by atoms with van der Waals surface area (Å²) < 4.78 is 10.9. The van der Waals surface area contributed by atoms with E-state index in [1.807, 2.05) is 0 Å². The van der Waals surface area contributed by atoms with Crippen LogP contribution in [0.4, 0.5) is 0 Å². The van der Waals surface area contributed by atoms with Crippen LogP contribution in [0.1, 0.15) is 13.3 Å². The van der Waals surface area contributed by atoms with Crippen LogP contribution in [-0.4, -0.2) is 34.7 Å². The minimum atomic E-state index is -3.30. The zero-order valence-electron chi connectivity index (χ0n) is 8.56. The van der Waals surface area contributed by atoms with E-state index in [4.69, 9.17) is 10.00 Å². The molecule has 0 fully saturated rings. The first-order valence-electron chi connectivity index (χ1n) is 4.29. The van der Waals surface area contributed by atoms with Crippen molar-refractivity contribution in [1.29, 1.82) is 0 Å². The van der Waals surface area contributed by atoms with Crippen LogP contribution in [0.15, 0.2) is 11.8 Å². The van der Waals surface area contributed by atoms with Crippen molar-refractivity contribution in [3.05, 3.63) is 11.8 Å². The average molecular weight is 235 g/mol. The Labute approximate surface area is 87.4 Å². The number of aliphatic carboxylic acids is 1. The lowest BCUT2D eigenvalue weighted by Crippen LogP contribution is -2.26. The first kappa shape index (κ1) is 13.9. The third-order valence-electron chi connectivity index (χ3n) is 1.46. The Bertz CT molecular complexity index is 330. The Balaban J connectivity index is 4.60. The summed E-state index contributed by atoms with van der Waals surface area (Å²) in [6.07, 6.45) is 0.906. The van der Waals surface area contributed by atoms with E-state index in [0.717, 1.165) is 12.7 Å². The van der Waals surface area contributed by atoms with Gasteiger partial charge in [-0.2, -0.15) is 0 Å². The molecule has 0 bridgehead atoms. The molecule has 7 heteroatoms. The molecule has 0 aromatic heterocycles. The molecule has 86 valence electrons. The molecule has 3 N–H and O–H groups in total. The molecule has 0 aromatic carbocycles. The standard InChI is InChI=1S/C8H14NO5P/c1-3-7(10)9-6(8(11)12)4-5-15(2,13)14/h4H,3,5H2,1-2H3,(H,9,10)(H,11,12)(H,13,14)/b6-4-. The van der Waals surface area contributed by atoms with Crippen molar-refractivity contribution in [3.8, 4) is 0 Å². The maximum absolute atomic E-state index is 10.9. The monoisotopic (exact) mass is 235 g/mol. The van der Waals surface area contributed by atoms with E-state index < -0.39 is 19.2 Å². The molecule has 0 saturated carbocycles. The van der Waals surface area contributed by atoms with Crippen LogP contribution in [-0.2, 0) is 14.2 Å². The summed E-state index contributed by atoms with van der Waals surface area (Å²) in [5.74, 6) is -1.78. The average Bonchev–Trinajstić information content (AvgIpc) is 2.09. The molecule has 1 unspecified atom stereocenters. The number of carbonyl (C=O) groups excluding carboxylic acids is 1. The van der Waals surface area contributed by atoms with Gasteiger partial charge >= 0.3 is 5.97 Å². The third kappa shape index (κ3) is 6.88. The number of carboxylic acids is 1. The van der Waals surface area contributed by atoms with Crippen molar-refractivity contribution in [3.63, 3.8) is 0 Å². The van der Waals surface area contributed by atoms with Gasteiger partial charge in [0.05, 0.1) is 0 Å². The van der Waals surface area contributed by atoms with E-state index in [1.165, 1.54) is 0 Å². The van der Waals surface area contributed by atoms with Gasteiger partial charge < -0.3 is 15.3 Å². The molecule has 0 aliphatic carbocycles. The molecule has 0 radical (unpaired) electrons. The smallest absolute Gasteiger partial charge is 0.352 e. The first-order valence-corrected chi connectivity index (χ1v) is 6.58. The Morgan fingerprint density at radius 1 is 1.47 bits per heavy atom. The molecule has 0 saturated heterocycles. The number of amides is 1. The van der Waals surface area contributed by atoms with Crippen molar-refractivity contribution in [2.24, 2.45) is 0 Å². The SMILES string of the molecule is CCC(=O)N/C(=C\CP(C)(=O)O)C(=O)O. The highest BCUT2D eigenvalue weighted by Crippen LogP contribution is 2.34. The Hall–Kier alpha value is -1.13. The van der Waals surface area contributed by atoms with Gasteiger partial charge in [-0.15, -0.1) is 0 Å². The van der Waals surface area contributed by atoms with E-state index in [1.54, 1.807) is 6.92 Å². The fourth-order valence-electron chi connectivity index (χ4n) is 0.691. The van der Waals surface area contributed by atoms with E-state index in [0.29, 0.717) is 0 Å². The molecule has 0 aliphatic rings. The van der Waals surface area contributed by atoms with Crippen LogP contribution in [0.2, 0.25) is 0 Å². The Kier molecular flexibility index (Phi) is 5.25. The van der Waals surface area contributed by atoms with Crippen molar-refractivity contribution in [2.75, 3.05) is 12.8 Å². The van der Waals surface area contributed by atoms with Crippen molar-refractivity contribution >= 4 is 19.2 Å². The van der Waals surface area contributed by atoms with Gasteiger partial charge in [0.25, 0.3) is 0 Å². The molecule has 0 aliphatic heterocycles. The maximum atomic E-state index is 10.9. The molecular formula is C8H14NO5P. The predicted octanol–water partition coefficient (Wildman–Crippen LogP) is 0.381. The van der Waals surface area contributed by atoms with Gasteiger partial charge in [-0.1, -0.05) is 6.92 Å². The second kappa shape index (κ2) is 5.68. The Morgan fingerprint density at radius 3 is 2.33 bits per heavy atom. The molecular weight excluding hydrogens is 221 g/mol. The number of nitrogens with one attached hydrogen (secondary N) is 1. The summed E-state index contributed by atoms with van der Waals surface area (Å²) in [6, 6.07) is 0. The lowest BCUT2D eigenvalue weighted by molar-refractivity contribution is -0.134. The van der Waals surface area contributed by atoms with Gasteiger partial charge in [0, 0.05) is 19.2 Å². The van der Waals surface area contributed by atoms with Crippen LogP contribution in [0.5, 0.6) is 0 Å². The van der Waals surface area contributed by atoms with E-state index in [2.05, 4.69) is 5.32 Å². The second-order valence-electron chi connectivity index (χ2n) is 3.06. The van der Waals surface area contributed by atoms with Crippen LogP contribution < -0.4 is 5.32 Å². The fraction of sp³-hybridized carbons (Fsp3) is 0.500. The number of carbonyl (C=O) groups is 2. The normalized spacial score (nSPS) is 15.5. The predicted molar refractivity (Wildman–Crippen MR) is 54.8 cm³/mol. The van der Waals surface area contributed by atoms with Gasteiger partial charge in [0.2, 0.25) is 13.3 Å². The molecule has 0 aromatic rings. The Morgan fingerprint density at radius 2 is 2.00 bits per heavy atom. The van der Waals surface area contributed by atoms with E-state index in [9.17, 15) is 14.2 Å². The first-order chi connectivity index (χ1) is 6.76. The zero-order chi connectivity index (χ0) is 12.1. The quantitative estimate of drug-likeness (QED) is 0.472. The van der Waals surface area contributed by atoms with E-state index in [-0.39, 0.29) is 18.3 Å². The van der Waals surface area contributed by atoms with Crippen LogP contribution >= 0.6 is 7.37 Å². The number of carboxylic acid groups (broad SMARTS) is 1. The number of rotatable bonds is 5. The number of allylic oxidation sites excluding steroid dienone is 1. The minimum Gasteiger partial charge on any atom is -0.477 e. The van der Waals surface area contributed by atoms with Crippen molar-refractivity contribution in [1.82, 2.24) is 5.32 Å². The summed E-state index contributed by atoms with van der Waals surface area (Å²) >= 11 is 0. The van der Waals surface area contributed by atoms with Crippen LogP contribution in [0.25, 0.3) is 0 Å². The van der Waals surface area contributed by atoms with Crippen LogP contribution in [0.3, 0.4) is 0 Å². The highest BCUT2D eigenvalue weighted by Gasteiger charge is 2.13. The summed E-state index contributed by atoms with van der Waals surface area (Å²) in [7, 11) is -3.30. The van der Waals surface area contributed by atoms with Gasteiger partial charge in [-0.05, 0) is 6.08 Å². The van der Waals surface area contributed by atoms with Gasteiger partial charge in [0.1, 0.15) is 5.70 Å². The third-order valence-corrected chi connectivity index (χ3v) is 2.32. The summed E-state index contributed by atoms with van der Waals surface area (Å²) in [5, 5.41) is 10.8. The highest BCUT2D eigenvalue weighted by atomic mass is 31.2. The van der Waals surface area contributed by atoms with Gasteiger partial charge in [-0.25, -0.2) is 4.79 Å². The fourth-order valence-corrected chi connectivity index (χ4v) is 1.21. The van der Waals surface area contributed by atoms with Gasteiger partial charge in [0.15, 0.2) is 0 Å². The summed E-state index contributed by atoms with van der Waals surface area (Å²) in [5.41, 5.74) is -0.363. The molecule has 15 heavy (non-hydrogen) atoms. The second-order valence-corrected chi connectivity index (χ2v) is 5.53. The van der Waals surface area contributed by atoms with Crippen molar-refractivity contribution in [2.45, 2.75) is 13.3 Å². The minimum absolute atomic E-state index is 0.146. The molecule has 0 heterocycles. The molecule has 6 nitrogen and oxygen atoms in total. The largest absolute Gasteiger partial charge is 0.477 e. The summed E-state index contributed by atoms with van der Waals surface area (Å²) in [6.45, 7) is 2.69. The lowest BCUT2D eigenvalue weighted by Gasteiger charge is -2.05. The number of hydrogen-bond donors (Lipinski definition) is 3. The van der Waals surface area contributed by atoms with Crippen LogP contribution in [0, 0.1) is 0 Å². The molecule has 1 amide bonds. The topological polar surface area (TPSA) is 104 Å². The summed E-state index contributed by atoms with van der Waals surface area (Å²) in [4.78, 5) is 30.5. The highest BCUT2D eigenvalue weighted by molar-refractivity contribution is 7.57. The van der Waals surface area contributed by atoms with Crippen molar-refractivity contribution < 1.29 is 24.2 Å². The molecule has 1 atom stereocenters. The molecule has 0 spiro atoms. The molecule has 0 rings (SSSR count). The zero-order valence-corrected chi connectivity index (χ0v) is 9.45. The van der Waals surface area contributed by atoms with E-state index >= 15 is 0 Å². The maximum Gasteiger partial charge on any atom is 0.352 e. The lowest BCUT2D eigenvalue weighted by atomic mass is 10.3. The van der Waals surface area contributed by atoms with Gasteiger partial charge in [-0.3, -0.25) is 9.36 Å².